The van der Waals surface area contributed by atoms with Crippen molar-refractivity contribution in [3.63, 3.8) is 0 Å². The lowest BCUT2D eigenvalue weighted by molar-refractivity contribution is -0.136. The monoisotopic (exact) mass is 532 g/mol. The van der Waals surface area contributed by atoms with Gasteiger partial charge in [0, 0.05) is 14.5 Å². The van der Waals surface area contributed by atoms with Gasteiger partial charge in [0.05, 0.1) is 4.47 Å². The summed E-state index contributed by atoms with van der Waals surface area (Å²) in [7, 11) is 0. The minimum absolute atomic E-state index is 0.147. The molecular weight excluding hydrogens is 516 g/mol. The van der Waals surface area contributed by atoms with E-state index in [4.69, 9.17) is 9.47 Å². The maximum absolute atomic E-state index is 12.3. The predicted octanol–water partition coefficient (Wildman–Crippen LogP) is 6.56. The highest BCUT2D eigenvalue weighted by Gasteiger charge is 2.21. The molecule has 2 rings (SSSR count). The molecule has 2 aromatic carbocycles. The van der Waals surface area contributed by atoms with Crippen LogP contribution in [0.5, 0.6) is 11.5 Å². The van der Waals surface area contributed by atoms with Crippen LogP contribution in [-0.2, 0) is 10.2 Å². The average molecular weight is 535 g/mol. The van der Waals surface area contributed by atoms with E-state index < -0.39 is 5.97 Å². The molecule has 6 heteroatoms. The fourth-order valence-electron chi connectivity index (χ4n) is 2.33. The first-order chi connectivity index (χ1) is 11.6. The normalized spacial score (nSPS) is 11.3. The second-order valence-electron chi connectivity index (χ2n) is 6.69. The van der Waals surface area contributed by atoms with E-state index in [-0.39, 0.29) is 12.0 Å². The van der Waals surface area contributed by atoms with Gasteiger partial charge in [-0.25, -0.2) is 4.79 Å². The molecule has 0 atom stereocenters. The molecule has 0 aromatic heterocycles. The Labute approximate surface area is 173 Å². The Morgan fingerprint density at radius 1 is 1.04 bits per heavy atom. The summed E-state index contributed by atoms with van der Waals surface area (Å²) in [6, 6.07) is 9.43. The van der Waals surface area contributed by atoms with Crippen molar-refractivity contribution in [3.8, 4) is 11.5 Å². The molecule has 0 radical (unpaired) electrons. The molecule has 0 bridgehead atoms. The van der Waals surface area contributed by atoms with Crippen molar-refractivity contribution in [3.05, 3.63) is 54.9 Å². The molecule has 2 aromatic rings. The van der Waals surface area contributed by atoms with Crippen LogP contribution in [0.25, 0.3) is 0 Å². The fourth-order valence-corrected chi connectivity index (χ4v) is 4.25. The van der Waals surface area contributed by atoms with Gasteiger partial charge < -0.3 is 9.47 Å². The van der Waals surface area contributed by atoms with E-state index in [1.165, 1.54) is 0 Å². The van der Waals surface area contributed by atoms with Gasteiger partial charge in [-0.15, -0.1) is 0 Å². The first kappa shape index (κ1) is 20.5. The Morgan fingerprint density at radius 2 is 1.72 bits per heavy atom. The zero-order valence-electron chi connectivity index (χ0n) is 14.5. The highest BCUT2D eigenvalue weighted by atomic mass is 79.9. The number of aryl methyl sites for hydroxylation is 1. The van der Waals surface area contributed by atoms with Crippen LogP contribution in [0.1, 0.15) is 31.9 Å². The smallest absolute Gasteiger partial charge is 0.349 e. The number of ether oxygens (including phenoxy) is 2. The van der Waals surface area contributed by atoms with Gasteiger partial charge in [-0.2, -0.15) is 0 Å². The lowest BCUT2D eigenvalue weighted by atomic mass is 9.86. The molecule has 0 aliphatic rings. The van der Waals surface area contributed by atoms with Crippen molar-refractivity contribution >= 4 is 53.8 Å². The Bertz CT molecular complexity index is 772. The van der Waals surface area contributed by atoms with Crippen LogP contribution in [0.15, 0.2) is 43.7 Å². The summed E-state index contributed by atoms with van der Waals surface area (Å²) in [5.74, 6) is 0.741. The van der Waals surface area contributed by atoms with Crippen molar-refractivity contribution < 1.29 is 14.3 Å². The van der Waals surface area contributed by atoms with Crippen LogP contribution in [0.2, 0.25) is 0 Å². The van der Waals surface area contributed by atoms with Crippen LogP contribution in [0, 0.1) is 6.92 Å². The average Bonchev–Trinajstić information content (AvgIpc) is 2.47. The summed E-state index contributed by atoms with van der Waals surface area (Å²) in [6.07, 6.45) is 0. The Kier molecular flexibility index (Phi) is 6.74. The molecule has 0 fully saturated rings. The number of hydrogen-bond acceptors (Lipinski definition) is 3. The number of carbonyl (C=O) groups excluding carboxylic acids is 1. The minimum atomic E-state index is -0.443. The molecule has 134 valence electrons. The molecule has 0 saturated carbocycles. The third kappa shape index (κ3) is 5.56. The molecule has 0 unspecified atom stereocenters. The van der Waals surface area contributed by atoms with Gasteiger partial charge in [0.2, 0.25) is 0 Å². The Hall–Kier alpha value is -0.850. The van der Waals surface area contributed by atoms with Crippen molar-refractivity contribution in [2.45, 2.75) is 33.1 Å². The molecule has 25 heavy (non-hydrogen) atoms. The molecule has 0 aliphatic heterocycles. The molecule has 0 aliphatic carbocycles. The minimum Gasteiger partial charge on any atom is -0.480 e. The zero-order valence-corrected chi connectivity index (χ0v) is 19.2. The van der Waals surface area contributed by atoms with E-state index in [0.717, 1.165) is 24.5 Å². The van der Waals surface area contributed by atoms with E-state index in [0.29, 0.717) is 11.5 Å². The summed E-state index contributed by atoms with van der Waals surface area (Å²) in [5, 5.41) is 0. The van der Waals surface area contributed by atoms with Crippen LogP contribution in [-0.4, -0.2) is 12.6 Å². The summed E-state index contributed by atoms with van der Waals surface area (Å²) >= 11 is 10.3. The molecule has 0 heterocycles. The largest absolute Gasteiger partial charge is 0.480 e. The number of carbonyl (C=O) groups is 1. The van der Waals surface area contributed by atoms with Gasteiger partial charge in [-0.1, -0.05) is 52.6 Å². The third-order valence-electron chi connectivity index (χ3n) is 3.50. The topological polar surface area (TPSA) is 35.5 Å². The Morgan fingerprint density at radius 3 is 2.32 bits per heavy atom. The molecule has 3 nitrogen and oxygen atoms in total. The molecular formula is C19H19Br3O3. The number of esters is 1. The van der Waals surface area contributed by atoms with Crippen LogP contribution in [0.4, 0.5) is 0 Å². The SMILES string of the molecule is Cc1cc(Br)cc(Br)c1OCC(=O)Oc1ccc(Br)cc1C(C)(C)C. The number of hydrogen-bond donors (Lipinski definition) is 0. The number of rotatable bonds is 4. The van der Waals surface area contributed by atoms with Crippen molar-refractivity contribution in [1.82, 2.24) is 0 Å². The molecule has 0 amide bonds. The zero-order chi connectivity index (χ0) is 18.8. The maximum atomic E-state index is 12.3. The van der Waals surface area contributed by atoms with Gasteiger partial charge in [-0.05, 0) is 64.2 Å². The van der Waals surface area contributed by atoms with E-state index in [2.05, 4.69) is 68.6 Å². The van der Waals surface area contributed by atoms with Crippen molar-refractivity contribution in [2.75, 3.05) is 6.61 Å². The van der Waals surface area contributed by atoms with Crippen LogP contribution >= 0.6 is 47.8 Å². The summed E-state index contributed by atoms with van der Waals surface area (Å²) in [4.78, 5) is 12.3. The first-order valence-corrected chi connectivity index (χ1v) is 10.0. The fraction of sp³-hybridized carbons (Fsp3) is 0.316. The van der Waals surface area contributed by atoms with E-state index in [1.807, 2.05) is 31.2 Å². The standard InChI is InChI=1S/C19H19Br3O3/c1-11-7-13(21)9-15(22)18(11)24-10-17(23)25-16-6-5-12(20)8-14(16)19(2,3)4/h5-9H,10H2,1-4H3. The van der Waals surface area contributed by atoms with Crippen LogP contribution in [0.3, 0.4) is 0 Å². The Balaban J connectivity index is 2.12. The van der Waals surface area contributed by atoms with E-state index in [9.17, 15) is 4.79 Å². The van der Waals surface area contributed by atoms with Crippen molar-refractivity contribution in [1.29, 1.82) is 0 Å². The summed E-state index contributed by atoms with van der Waals surface area (Å²) < 4.78 is 13.9. The molecule has 0 spiro atoms. The summed E-state index contributed by atoms with van der Waals surface area (Å²) in [6.45, 7) is 7.98. The maximum Gasteiger partial charge on any atom is 0.349 e. The van der Waals surface area contributed by atoms with Gasteiger partial charge >= 0.3 is 5.97 Å². The number of benzene rings is 2. The quantitative estimate of drug-likeness (QED) is 0.329. The second-order valence-corrected chi connectivity index (χ2v) is 9.37. The molecule has 0 N–H and O–H groups in total. The van der Waals surface area contributed by atoms with Crippen molar-refractivity contribution in [2.24, 2.45) is 0 Å². The lowest BCUT2D eigenvalue weighted by Gasteiger charge is -2.22. The highest BCUT2D eigenvalue weighted by molar-refractivity contribution is 9.11. The highest BCUT2D eigenvalue weighted by Crippen LogP contribution is 2.34. The van der Waals surface area contributed by atoms with Crippen LogP contribution < -0.4 is 9.47 Å². The summed E-state index contributed by atoms with van der Waals surface area (Å²) in [5.41, 5.74) is 1.73. The predicted molar refractivity (Wildman–Crippen MR) is 111 cm³/mol. The molecule has 0 saturated heterocycles. The number of halogens is 3. The second kappa shape index (κ2) is 8.23. The van der Waals surface area contributed by atoms with Gasteiger partial charge in [0.15, 0.2) is 6.61 Å². The lowest BCUT2D eigenvalue weighted by Crippen LogP contribution is -2.21. The first-order valence-electron chi connectivity index (χ1n) is 7.67. The van der Waals surface area contributed by atoms with Gasteiger partial charge in [-0.3, -0.25) is 0 Å². The third-order valence-corrected chi connectivity index (χ3v) is 5.04. The van der Waals surface area contributed by atoms with Gasteiger partial charge in [0.25, 0.3) is 0 Å². The van der Waals surface area contributed by atoms with E-state index >= 15 is 0 Å². The van der Waals surface area contributed by atoms with E-state index in [1.54, 1.807) is 6.07 Å². The van der Waals surface area contributed by atoms with Gasteiger partial charge in [0.1, 0.15) is 11.5 Å².